The Morgan fingerprint density at radius 3 is 1.37 bits per heavy atom. The molecule has 0 unspecified atom stereocenters. The normalized spacial score (nSPS) is 15.6. The summed E-state index contributed by atoms with van der Waals surface area (Å²) in [7, 11) is 0. The average Bonchev–Trinajstić information content (AvgIpc) is 3.36. The molecule has 0 fully saturated rings. The number of hydrogen-bond acceptors (Lipinski definition) is 3. The summed E-state index contributed by atoms with van der Waals surface area (Å²) in [5, 5.41) is 0. The molecule has 0 bridgehead atoms. The molecule has 3 nitrogen and oxygen atoms in total. The lowest BCUT2D eigenvalue weighted by atomic mass is 9.33. The molecule has 8 aromatic carbocycles. The number of rotatable bonds is 6. The first-order chi connectivity index (χ1) is 34.5. The zero-order valence-corrected chi connectivity index (χ0v) is 46.0. The monoisotopic (exact) mass is 956 g/mol. The van der Waals surface area contributed by atoms with Crippen LogP contribution < -0.4 is 31.1 Å². The van der Waals surface area contributed by atoms with E-state index in [9.17, 15) is 0 Å². The van der Waals surface area contributed by atoms with E-state index in [4.69, 9.17) is 0 Å². The standard InChI is InChI=1S/C69H74BN3/c1-45-38-47(65(2,3)4)30-33-58(45)72-61-44-55-54(68(11,12)36-37-69(55,13)14)43-57(61)70-56-40-49(67(8,9)10)32-35-60(56)73(59-34-31-48(66(5,6)7)39-53(59)46-24-18-15-19-25-46)63-42-52(41-62(72)64(63)70)71(50-26-20-16-21-27-50)51-28-22-17-23-29-51/h15-35,38-44H,36-37H2,1-14H3. The van der Waals surface area contributed by atoms with Gasteiger partial charge in [-0.05, 0) is 169 Å². The first-order valence-electron chi connectivity index (χ1n) is 26.8. The Kier molecular flexibility index (Phi) is 11.4. The fourth-order valence-corrected chi connectivity index (χ4v) is 12.2. The van der Waals surface area contributed by atoms with Gasteiger partial charge in [-0.15, -0.1) is 0 Å². The van der Waals surface area contributed by atoms with Gasteiger partial charge in [-0.3, -0.25) is 0 Å². The van der Waals surface area contributed by atoms with Gasteiger partial charge in [0.15, 0.2) is 0 Å². The summed E-state index contributed by atoms with van der Waals surface area (Å²) in [6, 6.07) is 65.3. The summed E-state index contributed by atoms with van der Waals surface area (Å²) in [6.07, 6.45) is 2.30. The zero-order chi connectivity index (χ0) is 51.6. The summed E-state index contributed by atoms with van der Waals surface area (Å²) in [4.78, 5) is 7.79. The predicted molar refractivity (Wildman–Crippen MR) is 317 cm³/mol. The number of fused-ring (bicyclic) bond motifs is 5. The third-order valence-electron chi connectivity index (χ3n) is 16.7. The van der Waals surface area contributed by atoms with Gasteiger partial charge in [0, 0.05) is 45.4 Å². The number of benzene rings is 8. The lowest BCUT2D eigenvalue weighted by Crippen LogP contribution is -2.62. The molecule has 368 valence electrons. The lowest BCUT2D eigenvalue weighted by Gasteiger charge is -2.48. The molecule has 0 atom stereocenters. The number of nitrogens with zero attached hydrogens (tertiary/aromatic N) is 3. The van der Waals surface area contributed by atoms with Gasteiger partial charge >= 0.3 is 0 Å². The van der Waals surface area contributed by atoms with Crippen LogP contribution in [0.2, 0.25) is 0 Å². The summed E-state index contributed by atoms with van der Waals surface area (Å²) >= 11 is 0. The van der Waals surface area contributed by atoms with Crippen molar-refractivity contribution in [1.82, 2.24) is 0 Å². The number of aryl methyl sites for hydroxylation is 1. The highest BCUT2D eigenvalue weighted by Crippen LogP contribution is 2.53. The molecular weight excluding hydrogens is 882 g/mol. The molecule has 0 spiro atoms. The van der Waals surface area contributed by atoms with Crippen molar-refractivity contribution in [3.63, 3.8) is 0 Å². The number of hydrogen-bond donors (Lipinski definition) is 0. The van der Waals surface area contributed by atoms with E-state index >= 15 is 0 Å². The van der Waals surface area contributed by atoms with Crippen LogP contribution in [-0.2, 0) is 27.1 Å². The van der Waals surface area contributed by atoms with E-state index in [1.807, 2.05) is 0 Å². The molecule has 11 rings (SSSR count). The van der Waals surface area contributed by atoms with Crippen molar-refractivity contribution in [2.24, 2.45) is 0 Å². The van der Waals surface area contributed by atoms with E-state index in [0.29, 0.717) is 0 Å². The molecule has 4 heteroatoms. The van der Waals surface area contributed by atoms with Gasteiger partial charge in [0.1, 0.15) is 0 Å². The lowest BCUT2D eigenvalue weighted by molar-refractivity contribution is 0.332. The smallest absolute Gasteiger partial charge is 0.252 e. The molecule has 0 N–H and O–H groups in total. The van der Waals surface area contributed by atoms with Gasteiger partial charge in [-0.25, -0.2) is 0 Å². The summed E-state index contributed by atoms with van der Waals surface area (Å²) in [5.74, 6) is 0. The van der Waals surface area contributed by atoms with Gasteiger partial charge in [0.25, 0.3) is 6.71 Å². The molecule has 73 heavy (non-hydrogen) atoms. The Bertz CT molecular complexity index is 3380. The molecule has 1 aliphatic carbocycles. The second-order valence-corrected chi connectivity index (χ2v) is 25.9. The molecule has 0 amide bonds. The highest BCUT2D eigenvalue weighted by Gasteiger charge is 2.48. The van der Waals surface area contributed by atoms with Gasteiger partial charge in [-0.1, -0.05) is 193 Å². The van der Waals surface area contributed by atoms with Gasteiger partial charge in [-0.2, -0.15) is 0 Å². The molecule has 8 aromatic rings. The van der Waals surface area contributed by atoms with Crippen LogP contribution in [0.4, 0.5) is 51.2 Å². The van der Waals surface area contributed by atoms with Crippen LogP contribution in [0.5, 0.6) is 0 Å². The Balaban J connectivity index is 1.33. The first kappa shape index (κ1) is 48.5. The molecule has 0 saturated heterocycles. The predicted octanol–water partition coefficient (Wildman–Crippen LogP) is 17.5. The maximum absolute atomic E-state index is 2.68. The summed E-state index contributed by atoms with van der Waals surface area (Å²) in [6.45, 7) is 33.3. The fraction of sp³-hybridized carbons (Fsp3) is 0.304. The van der Waals surface area contributed by atoms with Crippen LogP contribution in [-0.4, -0.2) is 6.71 Å². The summed E-state index contributed by atoms with van der Waals surface area (Å²) < 4.78 is 0. The maximum atomic E-state index is 2.68. The van der Waals surface area contributed by atoms with Gasteiger partial charge in [0.2, 0.25) is 0 Å². The molecule has 2 aliphatic heterocycles. The van der Waals surface area contributed by atoms with Crippen LogP contribution >= 0.6 is 0 Å². The Hall–Kier alpha value is -6.78. The van der Waals surface area contributed by atoms with Crippen molar-refractivity contribution in [3.8, 4) is 11.1 Å². The highest BCUT2D eigenvalue weighted by atomic mass is 15.2. The third-order valence-corrected chi connectivity index (χ3v) is 16.7. The maximum Gasteiger partial charge on any atom is 0.252 e. The minimum atomic E-state index is -0.0699. The molecule has 3 aliphatic rings. The molecule has 0 saturated carbocycles. The van der Waals surface area contributed by atoms with Gasteiger partial charge < -0.3 is 14.7 Å². The molecule has 0 aromatic heterocycles. The third kappa shape index (κ3) is 8.30. The van der Waals surface area contributed by atoms with Crippen molar-refractivity contribution in [2.45, 2.75) is 137 Å². The largest absolute Gasteiger partial charge is 0.311 e. The van der Waals surface area contributed by atoms with Crippen molar-refractivity contribution < 1.29 is 0 Å². The second-order valence-electron chi connectivity index (χ2n) is 25.9. The Morgan fingerprint density at radius 2 is 0.849 bits per heavy atom. The summed E-state index contributed by atoms with van der Waals surface area (Å²) in [5.41, 5.74) is 25.3. The minimum absolute atomic E-state index is 0.00178. The second kappa shape index (κ2) is 17.2. The minimum Gasteiger partial charge on any atom is -0.311 e. The Labute approximate surface area is 438 Å². The van der Waals surface area contributed by atoms with E-state index < -0.39 is 0 Å². The van der Waals surface area contributed by atoms with E-state index in [1.165, 1.54) is 95.0 Å². The van der Waals surface area contributed by atoms with Crippen molar-refractivity contribution >= 4 is 74.3 Å². The average molecular weight is 956 g/mol. The van der Waals surface area contributed by atoms with Crippen LogP contribution in [0, 0.1) is 6.92 Å². The van der Waals surface area contributed by atoms with E-state index in [1.54, 1.807) is 0 Å². The van der Waals surface area contributed by atoms with Crippen LogP contribution in [0.15, 0.2) is 170 Å². The van der Waals surface area contributed by atoms with E-state index in [0.717, 1.165) is 29.9 Å². The highest BCUT2D eigenvalue weighted by molar-refractivity contribution is 7.00. The molecular formula is C69H74BN3. The van der Waals surface area contributed by atoms with Crippen LogP contribution in [0.25, 0.3) is 11.1 Å². The van der Waals surface area contributed by atoms with Crippen LogP contribution in [0.3, 0.4) is 0 Å². The van der Waals surface area contributed by atoms with E-state index in [-0.39, 0.29) is 33.8 Å². The fourth-order valence-electron chi connectivity index (χ4n) is 12.2. The van der Waals surface area contributed by atoms with Crippen molar-refractivity contribution in [2.75, 3.05) is 14.7 Å². The molecule has 0 radical (unpaired) electrons. The van der Waals surface area contributed by atoms with Crippen LogP contribution in [0.1, 0.15) is 136 Å². The quantitative estimate of drug-likeness (QED) is 0.154. The number of para-hydroxylation sites is 2. The topological polar surface area (TPSA) is 9.72 Å². The van der Waals surface area contributed by atoms with Crippen molar-refractivity contribution in [3.05, 3.63) is 203 Å². The zero-order valence-electron chi connectivity index (χ0n) is 46.0. The number of anilines is 9. The SMILES string of the molecule is Cc1cc(C(C)(C)C)ccc1N1c2cc3c(cc2B2c4cc(C(C)(C)C)ccc4N(c4ccc(C(C)(C)C)cc4-c4ccccc4)c4cc(N(c5ccccc5)c5ccccc5)cc1c42)C(C)(C)CCC3(C)C. The van der Waals surface area contributed by atoms with Gasteiger partial charge in [0.05, 0.1) is 11.4 Å². The first-order valence-corrected chi connectivity index (χ1v) is 26.8. The van der Waals surface area contributed by atoms with E-state index in [2.05, 4.69) is 281 Å². The van der Waals surface area contributed by atoms with Crippen molar-refractivity contribution in [1.29, 1.82) is 0 Å². The Morgan fingerprint density at radius 1 is 0.411 bits per heavy atom. The molecule has 2 heterocycles.